The maximum absolute atomic E-state index is 9.04. The van der Waals surface area contributed by atoms with E-state index in [1.165, 1.54) is 6.42 Å². The highest BCUT2D eigenvalue weighted by molar-refractivity contribution is 8.19. The quantitative estimate of drug-likeness (QED) is 0.618. The Morgan fingerprint density at radius 3 is 2.54 bits per heavy atom. The largest absolute Gasteiger partial charge is 0.196 e. The molecule has 74 valence electrons. The molecule has 0 amide bonds. The summed E-state index contributed by atoms with van der Waals surface area (Å²) in [6.45, 7) is 8.83. The summed E-state index contributed by atoms with van der Waals surface area (Å²) in [6, 6.07) is 2.41. The lowest BCUT2D eigenvalue weighted by Crippen LogP contribution is -2.33. The first kappa shape index (κ1) is 11.3. The molecule has 0 radical (unpaired) electrons. The smallest absolute Gasteiger partial charge is 0.145 e. The van der Waals surface area contributed by atoms with Crippen LogP contribution in [0.15, 0.2) is 0 Å². The molecule has 1 heterocycles. The van der Waals surface area contributed by atoms with Crippen molar-refractivity contribution >= 4 is 23.5 Å². The van der Waals surface area contributed by atoms with Gasteiger partial charge < -0.3 is 0 Å². The molecule has 1 saturated heterocycles. The fraction of sp³-hybridized carbons (Fsp3) is 0.900. The Labute approximate surface area is 89.7 Å². The van der Waals surface area contributed by atoms with E-state index in [-0.39, 0.29) is 4.08 Å². The fourth-order valence-corrected chi connectivity index (χ4v) is 4.41. The van der Waals surface area contributed by atoms with Gasteiger partial charge in [0.2, 0.25) is 0 Å². The first-order valence-electron chi connectivity index (χ1n) is 4.60. The third-order valence-electron chi connectivity index (χ3n) is 2.29. The summed E-state index contributed by atoms with van der Waals surface area (Å²) in [5.41, 5.74) is 0.323. The molecule has 1 unspecified atom stereocenters. The zero-order chi connectivity index (χ0) is 10.1. The van der Waals surface area contributed by atoms with Crippen LogP contribution in [-0.2, 0) is 0 Å². The standard InChI is InChI=1S/C10H17NS2/c1-9(2,3)8-5-6-12-10(4,7-11)13-8/h8H,5-6H2,1-4H3/t8?,10-/m1/s1. The third-order valence-corrected chi connectivity index (χ3v) is 5.79. The van der Waals surface area contributed by atoms with Gasteiger partial charge in [-0.15, -0.1) is 23.5 Å². The minimum absolute atomic E-state index is 0.212. The lowest BCUT2D eigenvalue weighted by molar-refractivity contribution is 0.387. The predicted molar refractivity (Wildman–Crippen MR) is 61.9 cm³/mol. The molecular formula is C10H17NS2. The zero-order valence-electron chi connectivity index (χ0n) is 8.76. The normalized spacial score (nSPS) is 35.5. The van der Waals surface area contributed by atoms with Crippen LogP contribution in [0.25, 0.3) is 0 Å². The molecule has 0 N–H and O–H groups in total. The highest BCUT2D eigenvalue weighted by atomic mass is 32.2. The van der Waals surface area contributed by atoms with Gasteiger partial charge in [-0.05, 0) is 24.5 Å². The molecule has 0 aromatic carbocycles. The monoisotopic (exact) mass is 215 g/mol. The zero-order valence-corrected chi connectivity index (χ0v) is 10.4. The van der Waals surface area contributed by atoms with E-state index >= 15 is 0 Å². The predicted octanol–water partition coefficient (Wildman–Crippen LogP) is 3.51. The highest BCUT2D eigenvalue weighted by Gasteiger charge is 2.38. The Hall–Kier alpha value is 0.190. The second-order valence-electron chi connectivity index (χ2n) is 4.67. The van der Waals surface area contributed by atoms with Gasteiger partial charge in [-0.25, -0.2) is 0 Å². The van der Waals surface area contributed by atoms with E-state index < -0.39 is 0 Å². The maximum atomic E-state index is 9.04. The summed E-state index contributed by atoms with van der Waals surface area (Å²) in [5, 5.41) is 9.67. The second kappa shape index (κ2) is 3.74. The molecule has 1 aliphatic rings. The van der Waals surface area contributed by atoms with Gasteiger partial charge >= 0.3 is 0 Å². The van der Waals surface area contributed by atoms with Crippen molar-refractivity contribution in [1.29, 1.82) is 5.26 Å². The van der Waals surface area contributed by atoms with Crippen LogP contribution in [0.3, 0.4) is 0 Å². The van der Waals surface area contributed by atoms with Gasteiger partial charge in [-0.1, -0.05) is 20.8 Å². The Kier molecular flexibility index (Phi) is 3.24. The Balaban J connectivity index is 2.69. The van der Waals surface area contributed by atoms with E-state index in [1.807, 2.05) is 18.7 Å². The first-order chi connectivity index (χ1) is 5.87. The van der Waals surface area contributed by atoms with Crippen molar-refractivity contribution in [3.05, 3.63) is 0 Å². The van der Waals surface area contributed by atoms with Gasteiger partial charge in [0.15, 0.2) is 0 Å². The number of nitriles is 1. The molecule has 2 atom stereocenters. The minimum atomic E-state index is -0.212. The number of thioether (sulfide) groups is 2. The minimum Gasteiger partial charge on any atom is -0.196 e. The molecule has 0 aliphatic carbocycles. The molecule has 1 fully saturated rings. The summed E-state index contributed by atoms with van der Waals surface area (Å²) in [7, 11) is 0. The first-order valence-corrected chi connectivity index (χ1v) is 6.47. The number of nitrogens with zero attached hydrogens (tertiary/aromatic N) is 1. The van der Waals surface area contributed by atoms with E-state index in [0.29, 0.717) is 10.7 Å². The van der Waals surface area contributed by atoms with Crippen LogP contribution >= 0.6 is 23.5 Å². The maximum Gasteiger partial charge on any atom is 0.145 e. The molecule has 0 spiro atoms. The summed E-state index contributed by atoms with van der Waals surface area (Å²) in [4.78, 5) is 0. The number of rotatable bonds is 0. The molecule has 3 heteroatoms. The average Bonchev–Trinajstić information content (AvgIpc) is 2.03. The van der Waals surface area contributed by atoms with Crippen LogP contribution in [0, 0.1) is 16.7 Å². The van der Waals surface area contributed by atoms with Gasteiger partial charge in [0.1, 0.15) is 4.08 Å². The molecule has 0 saturated carbocycles. The fourth-order valence-electron chi connectivity index (χ4n) is 1.39. The average molecular weight is 215 g/mol. The van der Waals surface area contributed by atoms with E-state index in [4.69, 9.17) is 5.26 Å². The van der Waals surface area contributed by atoms with Crippen molar-refractivity contribution in [1.82, 2.24) is 0 Å². The van der Waals surface area contributed by atoms with Gasteiger partial charge in [0.05, 0.1) is 6.07 Å². The van der Waals surface area contributed by atoms with E-state index in [2.05, 4.69) is 26.8 Å². The lowest BCUT2D eigenvalue weighted by Gasteiger charge is -2.39. The van der Waals surface area contributed by atoms with Crippen LogP contribution in [0.5, 0.6) is 0 Å². The van der Waals surface area contributed by atoms with Crippen molar-refractivity contribution in [3.63, 3.8) is 0 Å². The summed E-state index contributed by atoms with van der Waals surface area (Å²) in [5.74, 6) is 1.12. The molecule has 1 rings (SSSR count). The van der Waals surface area contributed by atoms with Crippen molar-refractivity contribution in [2.24, 2.45) is 5.41 Å². The van der Waals surface area contributed by atoms with Gasteiger partial charge in [-0.3, -0.25) is 0 Å². The Morgan fingerprint density at radius 1 is 1.46 bits per heavy atom. The SMILES string of the molecule is CC(C)(C)C1CCS[C@@](C)(C#N)S1. The number of hydrogen-bond acceptors (Lipinski definition) is 3. The van der Waals surface area contributed by atoms with Crippen molar-refractivity contribution in [3.8, 4) is 6.07 Å². The molecule has 0 aromatic heterocycles. The highest BCUT2D eigenvalue weighted by Crippen LogP contribution is 2.50. The van der Waals surface area contributed by atoms with Crippen LogP contribution in [0.1, 0.15) is 34.1 Å². The number of hydrogen-bond donors (Lipinski definition) is 0. The van der Waals surface area contributed by atoms with Gasteiger partial charge in [0.25, 0.3) is 0 Å². The second-order valence-corrected chi connectivity index (χ2v) is 8.06. The van der Waals surface area contributed by atoms with Crippen LogP contribution < -0.4 is 0 Å². The van der Waals surface area contributed by atoms with Gasteiger partial charge in [0, 0.05) is 5.25 Å². The van der Waals surface area contributed by atoms with Gasteiger partial charge in [-0.2, -0.15) is 5.26 Å². The van der Waals surface area contributed by atoms with Crippen LogP contribution in [0.4, 0.5) is 0 Å². The third kappa shape index (κ3) is 2.82. The molecule has 0 aromatic rings. The lowest BCUT2D eigenvalue weighted by atomic mass is 9.90. The van der Waals surface area contributed by atoms with E-state index in [9.17, 15) is 0 Å². The summed E-state index contributed by atoms with van der Waals surface area (Å²) >= 11 is 3.63. The van der Waals surface area contributed by atoms with E-state index in [0.717, 1.165) is 5.75 Å². The van der Waals surface area contributed by atoms with Crippen LogP contribution in [0.2, 0.25) is 0 Å². The molecule has 1 aliphatic heterocycles. The summed E-state index contributed by atoms with van der Waals surface area (Å²) in [6.07, 6.45) is 1.23. The Bertz CT molecular complexity index is 226. The topological polar surface area (TPSA) is 23.8 Å². The van der Waals surface area contributed by atoms with Crippen LogP contribution in [-0.4, -0.2) is 15.1 Å². The Morgan fingerprint density at radius 2 is 2.08 bits per heavy atom. The molecule has 1 nitrogen and oxygen atoms in total. The molecule has 13 heavy (non-hydrogen) atoms. The van der Waals surface area contributed by atoms with Crippen molar-refractivity contribution in [2.75, 3.05) is 5.75 Å². The molecule has 0 bridgehead atoms. The summed E-state index contributed by atoms with van der Waals surface area (Å²) < 4.78 is -0.212. The van der Waals surface area contributed by atoms with E-state index in [1.54, 1.807) is 11.8 Å². The molecular weight excluding hydrogens is 198 g/mol. The van der Waals surface area contributed by atoms with Crippen molar-refractivity contribution in [2.45, 2.75) is 43.4 Å². The van der Waals surface area contributed by atoms with Crippen molar-refractivity contribution < 1.29 is 0 Å².